The van der Waals surface area contributed by atoms with E-state index in [4.69, 9.17) is 0 Å². The zero-order valence-electron chi connectivity index (χ0n) is 17.4. The van der Waals surface area contributed by atoms with Crippen LogP contribution in [-0.4, -0.2) is 60.4 Å². The van der Waals surface area contributed by atoms with Crippen LogP contribution in [0.1, 0.15) is 27.2 Å². The summed E-state index contributed by atoms with van der Waals surface area (Å²) in [6.45, 7) is 8.06. The highest BCUT2D eigenvalue weighted by atomic mass is 16.4. The molecule has 0 radical (unpaired) electrons. The Hall–Kier alpha value is -3.43. The molecular formula is C20H30N4O6. The first-order chi connectivity index (χ1) is 14.2. The minimum Gasteiger partial charge on any atom is -0.480 e. The van der Waals surface area contributed by atoms with Crippen LogP contribution in [0.2, 0.25) is 0 Å². The van der Waals surface area contributed by atoms with Crippen molar-refractivity contribution in [3.63, 3.8) is 0 Å². The Morgan fingerprint density at radius 2 is 1.77 bits per heavy atom. The molecule has 5 N–H and O–H groups in total. The molecule has 2 unspecified atom stereocenters. The summed E-state index contributed by atoms with van der Waals surface area (Å²) >= 11 is 0. The summed E-state index contributed by atoms with van der Waals surface area (Å²) in [4.78, 5) is 57.8. The molecule has 0 aromatic heterocycles. The van der Waals surface area contributed by atoms with Crippen LogP contribution in [0.3, 0.4) is 0 Å². The molecular weight excluding hydrogens is 392 g/mol. The third-order valence-corrected chi connectivity index (χ3v) is 3.90. The number of allylic oxidation sites excluding steroid dienone is 4. The molecule has 0 bridgehead atoms. The monoisotopic (exact) mass is 422 g/mol. The molecule has 0 fully saturated rings. The fraction of sp³-hybridized carbons (Fsp3) is 0.450. The molecule has 0 saturated heterocycles. The largest absolute Gasteiger partial charge is 0.480 e. The van der Waals surface area contributed by atoms with E-state index < -0.39 is 42.4 Å². The summed E-state index contributed by atoms with van der Waals surface area (Å²) in [5.74, 6) is -2.64. The van der Waals surface area contributed by atoms with Crippen molar-refractivity contribution in [1.29, 1.82) is 0 Å². The van der Waals surface area contributed by atoms with Gasteiger partial charge in [-0.25, -0.2) is 9.59 Å². The zero-order chi connectivity index (χ0) is 23.1. The number of carboxylic acids is 1. The molecule has 0 saturated carbocycles. The number of nitrogens with one attached hydrogen (secondary N) is 4. The first-order valence-electron chi connectivity index (χ1n) is 9.38. The van der Waals surface area contributed by atoms with E-state index in [2.05, 4.69) is 27.8 Å². The maximum Gasteiger partial charge on any atom is 0.326 e. The smallest absolute Gasteiger partial charge is 0.326 e. The van der Waals surface area contributed by atoms with Crippen LogP contribution in [0, 0.1) is 5.92 Å². The molecule has 30 heavy (non-hydrogen) atoms. The molecule has 10 nitrogen and oxygen atoms in total. The van der Waals surface area contributed by atoms with Gasteiger partial charge in [0.2, 0.25) is 11.8 Å². The number of hydrogen-bond acceptors (Lipinski definition) is 5. The van der Waals surface area contributed by atoms with Crippen LogP contribution >= 0.6 is 0 Å². The summed E-state index contributed by atoms with van der Waals surface area (Å²) in [6, 6.07) is -2.93. The highest BCUT2D eigenvalue weighted by Crippen LogP contribution is 2.08. The van der Waals surface area contributed by atoms with Crippen LogP contribution in [0.15, 0.2) is 36.5 Å². The Morgan fingerprint density at radius 1 is 1.10 bits per heavy atom. The SMILES string of the molecule is C=C/C=C\C(=C/C)CC(NC(=O)NCC(=O)NC(C(=O)NCC=O)C(C)C)C(=O)O. The lowest BCUT2D eigenvalue weighted by Gasteiger charge is -2.21. The van der Waals surface area contributed by atoms with Gasteiger partial charge in [0, 0.05) is 6.42 Å². The zero-order valence-corrected chi connectivity index (χ0v) is 17.4. The van der Waals surface area contributed by atoms with Crippen LogP contribution in [0.25, 0.3) is 0 Å². The molecule has 0 aliphatic heterocycles. The first-order valence-corrected chi connectivity index (χ1v) is 9.38. The topological polar surface area (TPSA) is 154 Å². The Balaban J connectivity index is 4.77. The van der Waals surface area contributed by atoms with Crippen molar-refractivity contribution in [2.45, 2.75) is 39.3 Å². The number of hydrogen-bond donors (Lipinski definition) is 5. The number of aliphatic carboxylic acids is 1. The molecule has 0 aromatic rings. The quantitative estimate of drug-likeness (QED) is 0.212. The Bertz CT molecular complexity index is 699. The Morgan fingerprint density at radius 3 is 2.27 bits per heavy atom. The number of rotatable bonds is 13. The van der Waals surface area contributed by atoms with Gasteiger partial charge in [-0.1, -0.05) is 44.7 Å². The Labute approximate surface area is 175 Å². The molecule has 4 amide bonds. The van der Waals surface area contributed by atoms with Gasteiger partial charge in [-0.2, -0.15) is 0 Å². The van der Waals surface area contributed by atoms with E-state index in [1.807, 2.05) is 0 Å². The molecule has 0 rings (SSSR count). The maximum absolute atomic E-state index is 12.1. The van der Waals surface area contributed by atoms with E-state index in [-0.39, 0.29) is 18.9 Å². The number of carboxylic acid groups (broad SMARTS) is 1. The lowest BCUT2D eigenvalue weighted by molar-refractivity contribution is -0.139. The van der Waals surface area contributed by atoms with E-state index in [9.17, 15) is 29.1 Å². The normalized spacial score (nSPS) is 13.3. The number of amides is 4. The van der Waals surface area contributed by atoms with Crippen LogP contribution in [0.5, 0.6) is 0 Å². The first kappa shape index (κ1) is 26.6. The molecule has 10 heteroatoms. The minimum absolute atomic E-state index is 0.0438. The van der Waals surface area contributed by atoms with Crippen molar-refractivity contribution in [3.8, 4) is 0 Å². The van der Waals surface area contributed by atoms with E-state index in [0.29, 0.717) is 11.9 Å². The number of aldehydes is 1. The predicted molar refractivity (Wildman–Crippen MR) is 112 cm³/mol. The fourth-order valence-electron chi connectivity index (χ4n) is 2.29. The Kier molecular flexibility index (Phi) is 12.9. The highest BCUT2D eigenvalue weighted by Gasteiger charge is 2.24. The summed E-state index contributed by atoms with van der Waals surface area (Å²) in [5.41, 5.74) is 0.682. The molecule has 0 heterocycles. The lowest BCUT2D eigenvalue weighted by Crippen LogP contribution is -2.53. The van der Waals surface area contributed by atoms with Crippen LogP contribution < -0.4 is 21.3 Å². The summed E-state index contributed by atoms with van der Waals surface area (Å²) in [6.07, 6.45) is 7.15. The molecule has 0 aliphatic rings. The minimum atomic E-state index is -1.23. The van der Waals surface area contributed by atoms with Gasteiger partial charge in [0.05, 0.1) is 13.1 Å². The summed E-state index contributed by atoms with van der Waals surface area (Å²) in [7, 11) is 0. The third-order valence-electron chi connectivity index (χ3n) is 3.90. The van der Waals surface area contributed by atoms with Gasteiger partial charge >= 0.3 is 12.0 Å². The number of carbonyl (C=O) groups excluding carboxylic acids is 4. The predicted octanol–water partition coefficient (Wildman–Crippen LogP) is 0.273. The summed E-state index contributed by atoms with van der Waals surface area (Å²) < 4.78 is 0. The number of urea groups is 1. The van der Waals surface area contributed by atoms with Gasteiger partial charge in [-0.05, 0) is 18.4 Å². The van der Waals surface area contributed by atoms with Gasteiger partial charge in [0.15, 0.2) is 0 Å². The van der Waals surface area contributed by atoms with Crippen molar-refractivity contribution in [2.24, 2.45) is 5.92 Å². The van der Waals surface area contributed by atoms with Crippen LogP contribution in [0.4, 0.5) is 4.79 Å². The van der Waals surface area contributed by atoms with E-state index >= 15 is 0 Å². The standard InChI is InChI=1S/C20H30N4O6/c1-5-7-8-14(6-2)11-15(19(28)29)23-20(30)22-12-16(26)24-17(13(3)4)18(27)21-9-10-25/h5-8,10,13,15,17H,1,9,11-12H2,2-4H3,(H,21,27)(H,24,26)(H,28,29)(H2,22,23,30)/b8-7-,14-6+. The average Bonchev–Trinajstić information content (AvgIpc) is 2.70. The maximum atomic E-state index is 12.1. The highest BCUT2D eigenvalue weighted by molar-refractivity contribution is 5.91. The van der Waals surface area contributed by atoms with E-state index in [1.165, 1.54) is 0 Å². The molecule has 166 valence electrons. The average molecular weight is 422 g/mol. The molecule has 2 atom stereocenters. The molecule has 0 aromatic carbocycles. The van der Waals surface area contributed by atoms with Crippen molar-refractivity contribution < 1.29 is 29.1 Å². The van der Waals surface area contributed by atoms with Gasteiger partial charge in [0.1, 0.15) is 18.4 Å². The molecule has 0 spiro atoms. The van der Waals surface area contributed by atoms with Gasteiger partial charge in [-0.3, -0.25) is 9.59 Å². The van der Waals surface area contributed by atoms with Crippen LogP contribution in [-0.2, 0) is 19.2 Å². The number of carbonyl (C=O) groups is 5. The molecule has 0 aliphatic carbocycles. The third kappa shape index (κ3) is 10.8. The van der Waals surface area contributed by atoms with Crippen molar-refractivity contribution >= 4 is 30.1 Å². The van der Waals surface area contributed by atoms with E-state index in [0.717, 1.165) is 0 Å². The van der Waals surface area contributed by atoms with Gasteiger partial charge in [-0.15, -0.1) is 0 Å². The van der Waals surface area contributed by atoms with Gasteiger partial charge in [0.25, 0.3) is 0 Å². The summed E-state index contributed by atoms with van der Waals surface area (Å²) in [5, 5.41) is 18.7. The lowest BCUT2D eigenvalue weighted by atomic mass is 10.0. The van der Waals surface area contributed by atoms with Crippen molar-refractivity contribution in [1.82, 2.24) is 21.3 Å². The second kappa shape index (κ2) is 14.6. The van der Waals surface area contributed by atoms with Gasteiger partial charge < -0.3 is 31.2 Å². The second-order valence-corrected chi connectivity index (χ2v) is 6.58. The second-order valence-electron chi connectivity index (χ2n) is 6.58. The fourth-order valence-corrected chi connectivity index (χ4v) is 2.29. The van der Waals surface area contributed by atoms with Crippen molar-refractivity contribution in [2.75, 3.05) is 13.1 Å². The van der Waals surface area contributed by atoms with E-state index in [1.54, 1.807) is 45.1 Å². The van der Waals surface area contributed by atoms with Crippen molar-refractivity contribution in [3.05, 3.63) is 36.5 Å².